The van der Waals surface area contributed by atoms with Crippen LogP contribution >= 0.6 is 0 Å². The van der Waals surface area contributed by atoms with Crippen molar-refractivity contribution in [3.63, 3.8) is 0 Å². The van der Waals surface area contributed by atoms with Crippen molar-refractivity contribution in [1.29, 1.82) is 0 Å². The van der Waals surface area contributed by atoms with Crippen LogP contribution in [0.25, 0.3) is 5.57 Å². The van der Waals surface area contributed by atoms with Gasteiger partial charge in [0.25, 0.3) is 0 Å². The van der Waals surface area contributed by atoms with Crippen LogP contribution in [0.3, 0.4) is 0 Å². The summed E-state index contributed by atoms with van der Waals surface area (Å²) >= 11 is 0. The number of hydrogen-bond acceptors (Lipinski definition) is 1. The Labute approximate surface area is 91.1 Å². The number of allylic oxidation sites excluding steroid dienone is 2. The van der Waals surface area contributed by atoms with Crippen molar-refractivity contribution in [3.8, 4) is 0 Å². The Morgan fingerprint density at radius 3 is 2.40 bits per heavy atom. The van der Waals surface area contributed by atoms with Crippen molar-refractivity contribution >= 4 is 5.57 Å². The maximum absolute atomic E-state index is 5.70. The lowest BCUT2D eigenvalue weighted by molar-refractivity contribution is 0.271. The minimum absolute atomic E-state index is 0.727. The van der Waals surface area contributed by atoms with Gasteiger partial charge in [-0.05, 0) is 37.5 Å². The quantitative estimate of drug-likeness (QED) is 0.670. The first-order chi connectivity index (χ1) is 7.20. The molecule has 1 aromatic carbocycles. The first-order valence-corrected chi connectivity index (χ1v) is 5.26. The van der Waals surface area contributed by atoms with Gasteiger partial charge in [-0.1, -0.05) is 30.3 Å². The molecule has 0 bridgehead atoms. The summed E-state index contributed by atoms with van der Waals surface area (Å²) in [6.07, 6.45) is 0. The lowest BCUT2D eigenvalue weighted by Gasteiger charge is -2.07. The van der Waals surface area contributed by atoms with Gasteiger partial charge in [0.15, 0.2) is 0 Å². The molecule has 2 rings (SSSR count). The second kappa shape index (κ2) is 3.93. The van der Waals surface area contributed by atoms with Crippen molar-refractivity contribution in [1.82, 2.24) is 0 Å². The van der Waals surface area contributed by atoms with Gasteiger partial charge in [-0.3, -0.25) is 0 Å². The van der Waals surface area contributed by atoms with Gasteiger partial charge in [-0.25, -0.2) is 0 Å². The van der Waals surface area contributed by atoms with Crippen LogP contribution in [0.2, 0.25) is 0 Å². The van der Waals surface area contributed by atoms with Crippen molar-refractivity contribution < 1.29 is 4.74 Å². The average molecular weight is 200 g/mol. The highest BCUT2D eigenvalue weighted by Gasteiger charge is 2.20. The molecule has 0 saturated heterocycles. The Morgan fingerprint density at radius 2 is 1.80 bits per heavy atom. The molecule has 1 aliphatic rings. The minimum Gasteiger partial charge on any atom is -0.489 e. The topological polar surface area (TPSA) is 9.23 Å². The van der Waals surface area contributed by atoms with Crippen LogP contribution in [0.5, 0.6) is 0 Å². The van der Waals surface area contributed by atoms with Gasteiger partial charge in [0.05, 0.1) is 0 Å². The van der Waals surface area contributed by atoms with Crippen LogP contribution < -0.4 is 0 Å². The summed E-state index contributed by atoms with van der Waals surface area (Å²) in [5, 5.41) is 0. The zero-order valence-electron chi connectivity index (χ0n) is 9.50. The van der Waals surface area contributed by atoms with E-state index in [2.05, 4.69) is 45.0 Å². The number of ether oxygens (including phenoxy) is 1. The van der Waals surface area contributed by atoms with Gasteiger partial charge in [0, 0.05) is 5.57 Å². The van der Waals surface area contributed by atoms with E-state index in [1.165, 1.54) is 22.3 Å². The fourth-order valence-electron chi connectivity index (χ4n) is 1.90. The summed E-state index contributed by atoms with van der Waals surface area (Å²) in [7, 11) is 0. The molecular formula is C14H16O. The highest BCUT2D eigenvalue weighted by Crippen LogP contribution is 2.34. The highest BCUT2D eigenvalue weighted by atomic mass is 16.5. The molecule has 0 saturated carbocycles. The van der Waals surface area contributed by atoms with Gasteiger partial charge in [0.1, 0.15) is 12.4 Å². The molecule has 0 fully saturated rings. The number of hydrogen-bond donors (Lipinski definition) is 0. The van der Waals surface area contributed by atoms with E-state index in [1.54, 1.807) is 0 Å². The standard InChI is InChI=1S/C14H16O/c1-10(2)14-13(11(3)9-15-14)12-7-5-4-6-8-12/h4-8H,9H2,1-3H3. The third-order valence-electron chi connectivity index (χ3n) is 2.60. The SMILES string of the molecule is CC(C)=C1OCC(C)=C1c1ccccc1. The van der Waals surface area contributed by atoms with E-state index >= 15 is 0 Å². The zero-order chi connectivity index (χ0) is 10.8. The summed E-state index contributed by atoms with van der Waals surface area (Å²) in [5.41, 5.74) is 5.09. The van der Waals surface area contributed by atoms with Crippen molar-refractivity contribution in [2.45, 2.75) is 20.8 Å². The zero-order valence-corrected chi connectivity index (χ0v) is 9.50. The maximum Gasteiger partial charge on any atom is 0.126 e. The molecule has 0 unspecified atom stereocenters. The molecule has 0 atom stereocenters. The lowest BCUT2D eigenvalue weighted by Crippen LogP contribution is -1.89. The largest absolute Gasteiger partial charge is 0.489 e. The molecule has 0 N–H and O–H groups in total. The van der Waals surface area contributed by atoms with Gasteiger partial charge in [0.2, 0.25) is 0 Å². The molecule has 1 nitrogen and oxygen atoms in total. The van der Waals surface area contributed by atoms with Gasteiger partial charge in [-0.15, -0.1) is 0 Å². The summed E-state index contributed by atoms with van der Waals surface area (Å²) < 4.78 is 5.70. The normalized spacial score (nSPS) is 15.5. The molecule has 1 aliphatic heterocycles. The lowest BCUT2D eigenvalue weighted by atomic mass is 9.99. The van der Waals surface area contributed by atoms with Crippen molar-refractivity contribution in [2.75, 3.05) is 6.61 Å². The second-order valence-corrected chi connectivity index (χ2v) is 4.14. The Morgan fingerprint density at radius 1 is 1.13 bits per heavy atom. The van der Waals surface area contributed by atoms with E-state index in [9.17, 15) is 0 Å². The van der Waals surface area contributed by atoms with Gasteiger partial charge < -0.3 is 4.74 Å². The molecule has 1 aromatic rings. The van der Waals surface area contributed by atoms with Gasteiger partial charge in [-0.2, -0.15) is 0 Å². The van der Waals surface area contributed by atoms with Crippen LogP contribution in [0, 0.1) is 0 Å². The van der Waals surface area contributed by atoms with E-state index < -0.39 is 0 Å². The fraction of sp³-hybridized carbons (Fsp3) is 0.286. The molecule has 15 heavy (non-hydrogen) atoms. The summed E-state index contributed by atoms with van der Waals surface area (Å²) in [4.78, 5) is 0. The second-order valence-electron chi connectivity index (χ2n) is 4.14. The fourth-order valence-corrected chi connectivity index (χ4v) is 1.90. The molecule has 0 amide bonds. The molecule has 0 aromatic heterocycles. The molecular weight excluding hydrogens is 184 g/mol. The summed E-state index contributed by atoms with van der Waals surface area (Å²) in [5.74, 6) is 1.05. The Bertz CT molecular complexity index is 420. The molecule has 0 spiro atoms. The van der Waals surface area contributed by atoms with Crippen LogP contribution in [0.1, 0.15) is 26.3 Å². The van der Waals surface area contributed by atoms with Crippen LogP contribution in [0.4, 0.5) is 0 Å². The number of rotatable bonds is 1. The van der Waals surface area contributed by atoms with E-state index in [0.717, 1.165) is 12.4 Å². The Hall–Kier alpha value is -1.50. The van der Waals surface area contributed by atoms with Gasteiger partial charge >= 0.3 is 0 Å². The molecule has 0 radical (unpaired) electrons. The average Bonchev–Trinajstić information content (AvgIpc) is 2.61. The predicted octanol–water partition coefficient (Wildman–Crippen LogP) is 3.78. The first-order valence-electron chi connectivity index (χ1n) is 5.26. The molecule has 1 heterocycles. The smallest absolute Gasteiger partial charge is 0.126 e. The van der Waals surface area contributed by atoms with E-state index in [0.29, 0.717) is 0 Å². The summed E-state index contributed by atoms with van der Waals surface area (Å²) in [6, 6.07) is 10.4. The predicted molar refractivity (Wildman–Crippen MR) is 63.4 cm³/mol. The molecule has 1 heteroatoms. The molecule has 78 valence electrons. The van der Waals surface area contributed by atoms with Crippen molar-refractivity contribution in [3.05, 3.63) is 52.8 Å². The molecule has 0 aliphatic carbocycles. The first kappa shape index (κ1) is 10.0. The third kappa shape index (κ3) is 1.82. The van der Waals surface area contributed by atoms with E-state index in [4.69, 9.17) is 4.74 Å². The van der Waals surface area contributed by atoms with Crippen LogP contribution in [-0.4, -0.2) is 6.61 Å². The van der Waals surface area contributed by atoms with E-state index in [-0.39, 0.29) is 0 Å². The van der Waals surface area contributed by atoms with Crippen LogP contribution in [-0.2, 0) is 4.74 Å². The van der Waals surface area contributed by atoms with Crippen molar-refractivity contribution in [2.24, 2.45) is 0 Å². The highest BCUT2D eigenvalue weighted by molar-refractivity contribution is 5.81. The van der Waals surface area contributed by atoms with Crippen LogP contribution in [0.15, 0.2) is 47.2 Å². The monoisotopic (exact) mass is 200 g/mol. The Kier molecular flexibility index (Phi) is 2.63. The summed E-state index contributed by atoms with van der Waals surface area (Å²) in [6.45, 7) is 7.05. The maximum atomic E-state index is 5.70. The van der Waals surface area contributed by atoms with E-state index in [1.807, 2.05) is 6.07 Å². The Balaban J connectivity index is 2.52. The number of benzene rings is 1. The minimum atomic E-state index is 0.727. The third-order valence-corrected chi connectivity index (χ3v) is 2.60.